The zero-order valence-corrected chi connectivity index (χ0v) is 44.7. The Balaban J connectivity index is 0.000000154. The van der Waals surface area contributed by atoms with Crippen molar-refractivity contribution in [2.24, 2.45) is 28.6 Å². The molecule has 16 heteroatoms. The highest BCUT2D eigenvalue weighted by Gasteiger charge is 3.02. The van der Waals surface area contributed by atoms with Crippen LogP contribution in [0.1, 0.15) is 132 Å². The molecule has 408 valence electrons. The number of hydrogen-bond donors (Lipinski definition) is 0. The SMILES string of the molecule is C.C.CSCO[C@@H]1[C@@]2(C(C)C)O[C@H]2[C@@H]2O[C@]23[C@]12O[C@H]2C[C@H]1C2=C(CC[C@@]13C)C(=O)OC2.CSCO[C@@H]1[C@@]2(C(C)C)O[C@H]2[C@@H]2O[C@]23[C@]12O[C@H]2C[C@H]1c2c(C(=O)c4ccccc4)oc(OC(=O)c4ccccc4)c2CC[C@@]13C. The highest BCUT2D eigenvalue weighted by molar-refractivity contribution is 7.98. The standard InChI is InChI=1S/C36H36O8S.C22H28O6S.2CH4/c1-19(2)34-28(43-34)29-36(44-29)33(3)16-15-22-25(23(33)17-24-35(36,42-24)32(34)39-18-45-4)27(26(37)20-11-7-5-8-12-20)40-31(22)41-30(38)21-13-9-6-10-14-21;1-10(2)20-15(27-20)16-22(28-16)19(3)6-5-11-12(8-24-17(11)23)13(19)7-14-21(22,26-14)18(20)25-9-29-4;;/h5-14,19,23-24,28-29,32H,15-18H2,1-4H3;10,13-16,18H,5-9H2,1-4H3;2*1H4/t23-,24-,28-,29-,32+,33-,34-,35+,36+;13-,14-,15-,16-,18+,19-,20-,21+,22+;;/m00../s1. The third-order valence-corrected chi connectivity index (χ3v) is 22.0. The van der Waals surface area contributed by atoms with Gasteiger partial charge in [-0.25, -0.2) is 9.59 Å². The van der Waals surface area contributed by atoms with Gasteiger partial charge in [0.1, 0.15) is 65.6 Å². The molecule has 0 N–H and O–H groups in total. The lowest BCUT2D eigenvalue weighted by Crippen LogP contribution is -2.69. The first kappa shape index (κ1) is 51.9. The first-order valence-corrected chi connectivity index (χ1v) is 29.6. The highest BCUT2D eigenvalue weighted by Crippen LogP contribution is 2.85. The van der Waals surface area contributed by atoms with E-state index in [1.165, 1.54) is 5.57 Å². The molecule has 6 aliphatic carbocycles. The van der Waals surface area contributed by atoms with Crippen LogP contribution in [0.3, 0.4) is 0 Å². The van der Waals surface area contributed by atoms with Crippen molar-refractivity contribution in [2.75, 3.05) is 31.0 Å². The molecule has 16 rings (SSSR count). The number of rotatable bonds is 12. The second-order valence-electron chi connectivity index (χ2n) is 24.4. The fourth-order valence-electron chi connectivity index (χ4n) is 17.7. The summed E-state index contributed by atoms with van der Waals surface area (Å²) < 4.78 is 71.0. The summed E-state index contributed by atoms with van der Waals surface area (Å²) in [6.45, 7) is 13.9. The molecule has 1 aromatic heterocycles. The summed E-state index contributed by atoms with van der Waals surface area (Å²) in [5.74, 6) is 1.39. The number of benzene rings is 2. The fraction of sp³-hybridized carbons (Fsp3) is 0.650. The van der Waals surface area contributed by atoms with Gasteiger partial charge in [-0.1, -0.05) is 105 Å². The van der Waals surface area contributed by atoms with Gasteiger partial charge in [0.15, 0.2) is 17.0 Å². The van der Waals surface area contributed by atoms with E-state index in [-0.39, 0.29) is 122 Å². The number of carbonyl (C=O) groups excluding carboxylic acids is 3. The Labute approximate surface area is 454 Å². The lowest BCUT2D eigenvalue weighted by molar-refractivity contribution is -0.136. The largest absolute Gasteiger partial charge is 0.458 e. The van der Waals surface area contributed by atoms with E-state index in [9.17, 15) is 14.4 Å². The molecule has 2 aromatic carbocycles. The van der Waals surface area contributed by atoms with E-state index in [1.54, 1.807) is 59.9 Å². The van der Waals surface area contributed by atoms with Crippen LogP contribution in [0.5, 0.6) is 5.95 Å². The van der Waals surface area contributed by atoms with E-state index in [0.717, 1.165) is 42.4 Å². The number of carbonyl (C=O) groups is 3. The van der Waals surface area contributed by atoms with Gasteiger partial charge in [-0.15, -0.1) is 23.5 Å². The Morgan fingerprint density at radius 2 is 1.18 bits per heavy atom. The van der Waals surface area contributed by atoms with Crippen LogP contribution in [0.15, 0.2) is 76.2 Å². The summed E-state index contributed by atoms with van der Waals surface area (Å²) in [6.07, 6.45) is 8.33. The minimum atomic E-state index is -0.612. The molecular weight excluding hydrogens is 1010 g/mol. The molecule has 14 nitrogen and oxygen atoms in total. The molecule has 8 heterocycles. The minimum Gasteiger partial charge on any atom is -0.458 e. The number of thioether (sulfide) groups is 2. The lowest BCUT2D eigenvalue weighted by Gasteiger charge is -2.54. The summed E-state index contributed by atoms with van der Waals surface area (Å²) in [5, 5.41) is 0. The average molecular weight is 1080 g/mol. The van der Waals surface area contributed by atoms with Crippen LogP contribution in [0.25, 0.3) is 0 Å². The Morgan fingerprint density at radius 3 is 1.72 bits per heavy atom. The van der Waals surface area contributed by atoms with Crippen LogP contribution in [0.2, 0.25) is 0 Å². The molecule has 4 saturated carbocycles. The molecule has 0 bridgehead atoms. The van der Waals surface area contributed by atoms with E-state index in [4.69, 9.17) is 51.8 Å². The van der Waals surface area contributed by atoms with Crippen LogP contribution in [-0.2, 0) is 53.8 Å². The topological polar surface area (TPSA) is 176 Å². The Kier molecular flexibility index (Phi) is 11.4. The number of fused-ring (bicyclic) bond motifs is 9. The molecule has 13 aliphatic rings. The van der Waals surface area contributed by atoms with Gasteiger partial charge < -0.3 is 51.8 Å². The smallest absolute Gasteiger partial charge is 0.345 e. The second-order valence-corrected chi connectivity index (χ2v) is 26.0. The summed E-state index contributed by atoms with van der Waals surface area (Å²) in [7, 11) is 0. The molecule has 18 atom stereocenters. The van der Waals surface area contributed by atoms with Gasteiger partial charge in [0.05, 0.1) is 29.6 Å². The molecule has 76 heavy (non-hydrogen) atoms. The number of furan rings is 1. The Morgan fingerprint density at radius 1 is 0.671 bits per heavy atom. The third-order valence-electron chi connectivity index (χ3n) is 21.2. The number of ether oxygens (including phenoxy) is 10. The van der Waals surface area contributed by atoms with Crippen LogP contribution >= 0.6 is 23.5 Å². The van der Waals surface area contributed by atoms with Crippen LogP contribution in [0.4, 0.5) is 0 Å². The average Bonchev–Trinajstić information content (AvgIpc) is 2.48. The van der Waals surface area contributed by atoms with Crippen molar-refractivity contribution < 1.29 is 66.2 Å². The quantitative estimate of drug-likeness (QED) is 0.0724. The van der Waals surface area contributed by atoms with E-state index in [1.807, 2.05) is 30.5 Å². The van der Waals surface area contributed by atoms with Crippen molar-refractivity contribution in [3.05, 3.63) is 99.8 Å². The molecule has 0 amide bonds. The molecule has 0 unspecified atom stereocenters. The zero-order valence-electron chi connectivity index (χ0n) is 43.1. The van der Waals surface area contributed by atoms with E-state index in [2.05, 4.69) is 47.8 Å². The number of ketones is 1. The molecule has 0 radical (unpaired) electrons. The van der Waals surface area contributed by atoms with Crippen molar-refractivity contribution in [2.45, 2.75) is 183 Å². The van der Waals surface area contributed by atoms with Gasteiger partial charge >= 0.3 is 11.9 Å². The van der Waals surface area contributed by atoms with Crippen molar-refractivity contribution in [1.82, 2.24) is 0 Å². The van der Waals surface area contributed by atoms with Crippen LogP contribution < -0.4 is 4.74 Å². The molecule has 7 aliphatic heterocycles. The predicted octanol–water partition coefficient (Wildman–Crippen LogP) is 9.68. The van der Waals surface area contributed by atoms with E-state index in [0.29, 0.717) is 48.4 Å². The maximum atomic E-state index is 14.1. The first-order chi connectivity index (χ1) is 35.6. The first-order valence-electron chi connectivity index (χ1n) is 26.8. The van der Waals surface area contributed by atoms with Crippen molar-refractivity contribution >= 4 is 41.2 Å². The van der Waals surface area contributed by atoms with Gasteiger partial charge in [0, 0.05) is 33.1 Å². The second kappa shape index (κ2) is 16.8. The number of esters is 2. The van der Waals surface area contributed by atoms with Crippen molar-refractivity contribution in [1.29, 1.82) is 0 Å². The molecule has 3 aromatic rings. The van der Waals surface area contributed by atoms with E-state index >= 15 is 0 Å². The normalized spacial score (nSPS) is 45.4. The summed E-state index contributed by atoms with van der Waals surface area (Å²) in [4.78, 5) is 39.6. The van der Waals surface area contributed by atoms with Gasteiger partial charge in [-0.05, 0) is 92.4 Å². The summed E-state index contributed by atoms with van der Waals surface area (Å²) >= 11 is 3.35. The predicted molar refractivity (Wildman–Crippen MR) is 282 cm³/mol. The number of cyclic esters (lactones) is 1. The molecular formula is C60H72O14S2. The maximum Gasteiger partial charge on any atom is 0.345 e. The number of hydrogen-bond acceptors (Lipinski definition) is 16. The van der Waals surface area contributed by atoms with Crippen LogP contribution in [-0.4, -0.2) is 131 Å². The van der Waals surface area contributed by atoms with Gasteiger partial charge in [-0.3, -0.25) is 4.79 Å². The lowest BCUT2D eigenvalue weighted by atomic mass is 9.46. The van der Waals surface area contributed by atoms with E-state index < -0.39 is 33.8 Å². The minimum absolute atomic E-state index is 0. The zero-order chi connectivity index (χ0) is 50.9. The van der Waals surface area contributed by atoms with Crippen molar-refractivity contribution in [3.8, 4) is 5.95 Å². The highest BCUT2D eigenvalue weighted by atomic mass is 32.2. The van der Waals surface area contributed by atoms with Crippen LogP contribution in [0, 0.1) is 28.6 Å². The number of epoxide rings is 6. The van der Waals surface area contributed by atoms with Gasteiger partial charge in [0.2, 0.25) is 5.78 Å². The van der Waals surface area contributed by atoms with Crippen molar-refractivity contribution in [3.63, 3.8) is 0 Å². The molecule has 6 saturated heterocycles. The molecule has 10 fully saturated rings. The maximum absolute atomic E-state index is 14.1. The summed E-state index contributed by atoms with van der Waals surface area (Å²) in [6, 6.07) is 18.0. The molecule has 4 spiro atoms. The third kappa shape index (κ3) is 5.93. The Hall–Kier alpha value is -3.55. The Bertz CT molecular complexity index is 2960. The summed E-state index contributed by atoms with van der Waals surface area (Å²) in [5.41, 5.74) is 1.42. The fourth-order valence-corrected chi connectivity index (χ4v) is 18.3. The van der Waals surface area contributed by atoms with Gasteiger partial charge in [0.25, 0.3) is 5.95 Å². The van der Waals surface area contributed by atoms with Gasteiger partial charge in [-0.2, -0.15) is 0 Å². The monoisotopic (exact) mass is 1080 g/mol.